The first-order valence-electron chi connectivity index (χ1n) is 10.1. The van der Waals surface area contributed by atoms with E-state index in [4.69, 9.17) is 24.1 Å². The molecule has 0 heterocycles. The van der Waals surface area contributed by atoms with Crippen LogP contribution in [0, 0.1) is 0 Å². The van der Waals surface area contributed by atoms with Gasteiger partial charge in [-0.05, 0) is 60.0 Å². The van der Waals surface area contributed by atoms with E-state index in [9.17, 15) is 4.79 Å². The molecule has 0 spiro atoms. The first kappa shape index (κ1) is 22.7. The molecule has 0 saturated carbocycles. The maximum absolute atomic E-state index is 10.9. The van der Waals surface area contributed by atoms with Crippen molar-refractivity contribution in [2.24, 2.45) is 0 Å². The molecule has 6 nitrogen and oxygen atoms in total. The largest absolute Gasteiger partial charge is 0.497 e. The smallest absolute Gasteiger partial charge is 0.344 e. The fourth-order valence-electron chi connectivity index (χ4n) is 2.88. The molecule has 0 aliphatic carbocycles. The van der Waals surface area contributed by atoms with E-state index < -0.39 is 12.1 Å². The van der Waals surface area contributed by atoms with Crippen molar-refractivity contribution >= 4 is 18.1 Å². The summed E-state index contributed by atoms with van der Waals surface area (Å²) in [4.78, 5) is 10.9. The van der Waals surface area contributed by atoms with Gasteiger partial charge in [0.05, 0.1) is 14.2 Å². The van der Waals surface area contributed by atoms with Gasteiger partial charge in [0, 0.05) is 6.07 Å². The van der Waals surface area contributed by atoms with Crippen LogP contribution in [-0.4, -0.2) is 31.4 Å². The minimum atomic E-state index is -1.01. The minimum absolute atomic E-state index is 0.351. The van der Waals surface area contributed by atoms with E-state index >= 15 is 0 Å². The normalized spacial score (nSPS) is 11.7. The topological polar surface area (TPSA) is 74.2 Å². The molecular weight excluding hydrogens is 408 g/mol. The van der Waals surface area contributed by atoms with Gasteiger partial charge in [0.25, 0.3) is 0 Å². The molecule has 1 N–H and O–H groups in total. The lowest BCUT2D eigenvalue weighted by Gasteiger charge is -2.12. The Labute approximate surface area is 187 Å². The maximum Gasteiger partial charge on any atom is 0.344 e. The summed E-state index contributed by atoms with van der Waals surface area (Å²) in [6.07, 6.45) is 3.10. The Morgan fingerprint density at radius 3 is 2.03 bits per heavy atom. The average Bonchev–Trinajstić information content (AvgIpc) is 2.82. The molecular formula is C26H26O6. The van der Waals surface area contributed by atoms with Gasteiger partial charge in [0.1, 0.15) is 29.6 Å². The molecule has 6 heteroatoms. The molecule has 1 atom stereocenters. The van der Waals surface area contributed by atoms with Gasteiger partial charge in [-0.15, -0.1) is 0 Å². The van der Waals surface area contributed by atoms with E-state index in [1.165, 1.54) is 6.92 Å². The predicted octanol–water partition coefficient (Wildman–Crippen LogP) is 5.31. The van der Waals surface area contributed by atoms with E-state index in [1.54, 1.807) is 26.4 Å². The van der Waals surface area contributed by atoms with Crippen molar-refractivity contribution in [1.29, 1.82) is 0 Å². The highest BCUT2D eigenvalue weighted by atomic mass is 16.5. The van der Waals surface area contributed by atoms with Gasteiger partial charge in [0.2, 0.25) is 0 Å². The molecule has 32 heavy (non-hydrogen) atoms. The van der Waals surface area contributed by atoms with Crippen molar-refractivity contribution in [1.82, 2.24) is 0 Å². The fraction of sp³-hybridized carbons (Fsp3) is 0.192. The molecule has 0 bridgehead atoms. The van der Waals surface area contributed by atoms with Gasteiger partial charge in [-0.1, -0.05) is 36.4 Å². The van der Waals surface area contributed by atoms with Crippen molar-refractivity contribution in [3.8, 4) is 23.0 Å². The number of hydrogen-bond donors (Lipinski definition) is 1. The Morgan fingerprint density at radius 2 is 1.41 bits per heavy atom. The molecule has 0 aliphatic heterocycles. The first-order valence-corrected chi connectivity index (χ1v) is 10.1. The third-order valence-corrected chi connectivity index (χ3v) is 4.71. The molecule has 3 aromatic rings. The number of benzene rings is 3. The molecule has 3 rings (SSSR count). The molecule has 0 fully saturated rings. The highest BCUT2D eigenvalue weighted by Crippen LogP contribution is 2.25. The van der Waals surface area contributed by atoms with Crippen molar-refractivity contribution in [2.45, 2.75) is 19.6 Å². The Kier molecular flexibility index (Phi) is 7.75. The van der Waals surface area contributed by atoms with Gasteiger partial charge >= 0.3 is 5.97 Å². The van der Waals surface area contributed by atoms with Crippen molar-refractivity contribution < 1.29 is 28.8 Å². The number of aliphatic carboxylic acids is 1. The molecule has 1 unspecified atom stereocenters. The zero-order valence-corrected chi connectivity index (χ0v) is 18.3. The highest BCUT2D eigenvalue weighted by molar-refractivity contribution is 5.72. The van der Waals surface area contributed by atoms with Crippen molar-refractivity contribution in [2.75, 3.05) is 14.2 Å². The standard InChI is InChI=1S/C26H26O6/c1-18(26(27)28)32-23-12-8-20(9-13-23)17-31-25-15-21(14-24(16-25)30-3)5-4-19-6-10-22(29-2)11-7-19/h4-16,18H,17H2,1-3H3,(H,27,28)/b5-4+. The summed E-state index contributed by atoms with van der Waals surface area (Å²) in [6, 6.07) is 20.6. The Balaban J connectivity index is 1.66. The first-order chi connectivity index (χ1) is 15.5. The van der Waals surface area contributed by atoms with Crippen LogP contribution in [0.25, 0.3) is 12.2 Å². The third-order valence-electron chi connectivity index (χ3n) is 4.71. The van der Waals surface area contributed by atoms with Gasteiger partial charge in [-0.3, -0.25) is 0 Å². The number of carboxylic acids is 1. The van der Waals surface area contributed by atoms with E-state index in [0.29, 0.717) is 23.9 Å². The van der Waals surface area contributed by atoms with E-state index in [1.807, 2.05) is 66.7 Å². The Morgan fingerprint density at radius 1 is 0.812 bits per heavy atom. The fourth-order valence-corrected chi connectivity index (χ4v) is 2.88. The van der Waals surface area contributed by atoms with E-state index in [0.717, 1.165) is 22.4 Å². The van der Waals surface area contributed by atoms with Crippen LogP contribution in [0.4, 0.5) is 0 Å². The second-order valence-electron chi connectivity index (χ2n) is 7.08. The Hall–Kier alpha value is -3.93. The summed E-state index contributed by atoms with van der Waals surface area (Å²) in [7, 11) is 3.26. The number of methoxy groups -OCH3 is 2. The zero-order valence-electron chi connectivity index (χ0n) is 18.3. The van der Waals surface area contributed by atoms with Crippen LogP contribution in [0.3, 0.4) is 0 Å². The second-order valence-corrected chi connectivity index (χ2v) is 7.08. The SMILES string of the molecule is COc1ccc(/C=C/c2cc(OC)cc(OCc3ccc(OC(C)C(=O)O)cc3)c2)cc1. The summed E-state index contributed by atoms with van der Waals surface area (Å²) in [5, 5.41) is 8.93. The van der Waals surface area contributed by atoms with Gasteiger partial charge < -0.3 is 24.1 Å². The molecule has 0 saturated heterocycles. The summed E-state index contributed by atoms with van der Waals surface area (Å²) in [6.45, 7) is 1.84. The number of hydrogen-bond acceptors (Lipinski definition) is 5. The van der Waals surface area contributed by atoms with E-state index in [2.05, 4.69) is 0 Å². The third kappa shape index (κ3) is 6.54. The molecule has 0 amide bonds. The molecule has 0 aliphatic rings. The van der Waals surface area contributed by atoms with Gasteiger partial charge in [-0.2, -0.15) is 0 Å². The molecule has 3 aromatic carbocycles. The Bertz CT molecular complexity index is 1050. The van der Waals surface area contributed by atoms with Gasteiger partial charge in [0.15, 0.2) is 6.10 Å². The van der Waals surface area contributed by atoms with Crippen LogP contribution in [-0.2, 0) is 11.4 Å². The molecule has 166 valence electrons. The number of ether oxygens (including phenoxy) is 4. The van der Waals surface area contributed by atoms with Crippen LogP contribution in [0.1, 0.15) is 23.6 Å². The summed E-state index contributed by atoms with van der Waals surface area (Å²) >= 11 is 0. The van der Waals surface area contributed by atoms with Crippen LogP contribution in [0.2, 0.25) is 0 Å². The molecule has 0 radical (unpaired) electrons. The number of rotatable bonds is 10. The predicted molar refractivity (Wildman–Crippen MR) is 123 cm³/mol. The zero-order chi connectivity index (χ0) is 22.9. The maximum atomic E-state index is 10.9. The van der Waals surface area contributed by atoms with Crippen LogP contribution in [0.5, 0.6) is 23.0 Å². The molecule has 0 aromatic heterocycles. The lowest BCUT2D eigenvalue weighted by molar-refractivity contribution is -0.144. The van der Waals surface area contributed by atoms with E-state index in [-0.39, 0.29) is 0 Å². The van der Waals surface area contributed by atoms with Crippen LogP contribution < -0.4 is 18.9 Å². The van der Waals surface area contributed by atoms with Crippen molar-refractivity contribution in [3.63, 3.8) is 0 Å². The monoisotopic (exact) mass is 434 g/mol. The van der Waals surface area contributed by atoms with Crippen molar-refractivity contribution in [3.05, 3.63) is 83.4 Å². The quantitative estimate of drug-likeness (QED) is 0.436. The highest BCUT2D eigenvalue weighted by Gasteiger charge is 2.12. The minimum Gasteiger partial charge on any atom is -0.497 e. The number of carboxylic acid groups (broad SMARTS) is 1. The lowest BCUT2D eigenvalue weighted by Crippen LogP contribution is -2.22. The lowest BCUT2D eigenvalue weighted by atomic mass is 10.1. The van der Waals surface area contributed by atoms with Gasteiger partial charge in [-0.25, -0.2) is 4.79 Å². The van der Waals surface area contributed by atoms with Crippen LogP contribution in [0.15, 0.2) is 66.7 Å². The average molecular weight is 434 g/mol. The summed E-state index contributed by atoms with van der Waals surface area (Å²) < 4.78 is 21.9. The second kappa shape index (κ2) is 10.9. The summed E-state index contributed by atoms with van der Waals surface area (Å²) in [5.74, 6) is 1.68. The van der Waals surface area contributed by atoms with Crippen LogP contribution >= 0.6 is 0 Å². The summed E-state index contributed by atoms with van der Waals surface area (Å²) in [5.41, 5.74) is 2.93. The number of carbonyl (C=O) groups is 1.